The highest BCUT2D eigenvalue weighted by molar-refractivity contribution is 5.89. The van der Waals surface area contributed by atoms with E-state index in [0.29, 0.717) is 6.54 Å². The summed E-state index contributed by atoms with van der Waals surface area (Å²) >= 11 is 0. The van der Waals surface area contributed by atoms with Gasteiger partial charge in [0.1, 0.15) is 5.60 Å². The van der Waals surface area contributed by atoms with Gasteiger partial charge in [-0.3, -0.25) is 4.90 Å². The first-order chi connectivity index (χ1) is 8.71. The summed E-state index contributed by atoms with van der Waals surface area (Å²) in [6, 6.07) is 7.76. The van der Waals surface area contributed by atoms with Crippen molar-refractivity contribution >= 4 is 11.8 Å². The van der Waals surface area contributed by atoms with E-state index in [1.807, 2.05) is 52.0 Å². The second-order valence-corrected chi connectivity index (χ2v) is 6.32. The lowest BCUT2D eigenvalue weighted by Crippen LogP contribution is -2.47. The topological polar surface area (TPSA) is 55.6 Å². The highest BCUT2D eigenvalue weighted by Gasteiger charge is 2.35. The standard InChI is InChI=1S/C15H22N2O2/c1-14(2,3)19-13(18)17-10-9-15(4,16)11-7-5-6-8-12(11)17/h5-8H,9-10,16H2,1-4H3. The number of ether oxygens (including phenoxy) is 1. The van der Waals surface area contributed by atoms with E-state index in [1.54, 1.807) is 4.90 Å². The summed E-state index contributed by atoms with van der Waals surface area (Å²) in [5, 5.41) is 0. The molecule has 1 aromatic carbocycles. The van der Waals surface area contributed by atoms with Gasteiger partial charge in [-0.05, 0) is 45.7 Å². The summed E-state index contributed by atoms with van der Waals surface area (Å²) in [5.41, 5.74) is 7.26. The molecule has 1 unspecified atom stereocenters. The molecule has 1 heterocycles. The van der Waals surface area contributed by atoms with Crippen LogP contribution in [0.2, 0.25) is 0 Å². The third kappa shape index (κ3) is 2.89. The molecule has 0 saturated heterocycles. The van der Waals surface area contributed by atoms with Crippen molar-refractivity contribution in [3.63, 3.8) is 0 Å². The number of nitrogens with two attached hydrogens (primary N) is 1. The van der Waals surface area contributed by atoms with Crippen molar-refractivity contribution in [2.45, 2.75) is 45.3 Å². The van der Waals surface area contributed by atoms with Crippen LogP contribution >= 0.6 is 0 Å². The predicted molar refractivity (Wildman–Crippen MR) is 76.2 cm³/mol. The van der Waals surface area contributed by atoms with Crippen molar-refractivity contribution < 1.29 is 9.53 Å². The summed E-state index contributed by atoms with van der Waals surface area (Å²) in [6.07, 6.45) is 0.416. The van der Waals surface area contributed by atoms with E-state index in [4.69, 9.17) is 10.5 Å². The van der Waals surface area contributed by atoms with Crippen LogP contribution < -0.4 is 10.6 Å². The predicted octanol–water partition coefficient (Wildman–Crippen LogP) is 3.01. The number of rotatable bonds is 0. The average molecular weight is 262 g/mol. The largest absolute Gasteiger partial charge is 0.443 e. The highest BCUT2D eigenvalue weighted by atomic mass is 16.6. The molecule has 2 N–H and O–H groups in total. The van der Waals surface area contributed by atoms with Crippen molar-refractivity contribution in [2.75, 3.05) is 11.4 Å². The van der Waals surface area contributed by atoms with Gasteiger partial charge in [-0.25, -0.2) is 4.79 Å². The number of fused-ring (bicyclic) bond motifs is 1. The number of para-hydroxylation sites is 1. The van der Waals surface area contributed by atoms with Crippen LogP contribution in [-0.4, -0.2) is 18.2 Å². The quantitative estimate of drug-likeness (QED) is 0.782. The molecule has 4 heteroatoms. The van der Waals surface area contributed by atoms with Gasteiger partial charge in [0.15, 0.2) is 0 Å². The summed E-state index contributed by atoms with van der Waals surface area (Å²) in [7, 11) is 0. The Labute approximate surface area is 114 Å². The molecule has 1 amide bonds. The number of benzene rings is 1. The number of anilines is 1. The number of amides is 1. The Morgan fingerprint density at radius 2 is 2.00 bits per heavy atom. The number of nitrogens with zero attached hydrogens (tertiary/aromatic N) is 1. The van der Waals surface area contributed by atoms with Crippen molar-refractivity contribution in [1.82, 2.24) is 0 Å². The number of carbonyl (C=O) groups is 1. The van der Waals surface area contributed by atoms with Gasteiger partial charge in [0.25, 0.3) is 0 Å². The second kappa shape index (κ2) is 4.53. The van der Waals surface area contributed by atoms with Crippen LogP contribution in [0.25, 0.3) is 0 Å². The van der Waals surface area contributed by atoms with E-state index in [9.17, 15) is 4.79 Å². The second-order valence-electron chi connectivity index (χ2n) is 6.32. The molecule has 1 atom stereocenters. The van der Waals surface area contributed by atoms with E-state index in [0.717, 1.165) is 17.7 Å². The minimum Gasteiger partial charge on any atom is -0.443 e. The van der Waals surface area contributed by atoms with Crippen LogP contribution in [0.15, 0.2) is 24.3 Å². The molecule has 0 aliphatic carbocycles. The molecule has 0 aromatic heterocycles. The molecule has 1 aliphatic rings. The van der Waals surface area contributed by atoms with E-state index < -0.39 is 11.1 Å². The van der Waals surface area contributed by atoms with Gasteiger partial charge in [-0.2, -0.15) is 0 Å². The number of hydrogen-bond acceptors (Lipinski definition) is 3. The van der Waals surface area contributed by atoms with Crippen molar-refractivity contribution in [2.24, 2.45) is 5.73 Å². The lowest BCUT2D eigenvalue weighted by molar-refractivity contribution is 0.0574. The smallest absolute Gasteiger partial charge is 0.414 e. The highest BCUT2D eigenvalue weighted by Crippen LogP contribution is 2.36. The maximum atomic E-state index is 12.3. The minimum atomic E-state index is -0.491. The first-order valence-electron chi connectivity index (χ1n) is 6.60. The Morgan fingerprint density at radius 3 is 2.63 bits per heavy atom. The maximum absolute atomic E-state index is 12.3. The van der Waals surface area contributed by atoms with Crippen molar-refractivity contribution in [1.29, 1.82) is 0 Å². The molecule has 4 nitrogen and oxygen atoms in total. The van der Waals surface area contributed by atoms with Gasteiger partial charge in [-0.1, -0.05) is 18.2 Å². The fourth-order valence-electron chi connectivity index (χ4n) is 2.30. The number of carbonyl (C=O) groups excluding carboxylic acids is 1. The first kappa shape index (κ1) is 13.9. The number of hydrogen-bond donors (Lipinski definition) is 1. The lowest BCUT2D eigenvalue weighted by Gasteiger charge is -2.39. The van der Waals surface area contributed by atoms with Gasteiger partial charge in [0, 0.05) is 12.1 Å². The summed E-state index contributed by atoms with van der Waals surface area (Å²) in [5.74, 6) is 0. The van der Waals surface area contributed by atoms with Crippen LogP contribution in [0.4, 0.5) is 10.5 Å². The van der Waals surface area contributed by atoms with Gasteiger partial charge in [0.2, 0.25) is 0 Å². The molecular weight excluding hydrogens is 240 g/mol. The Bertz CT molecular complexity index is 489. The molecule has 0 bridgehead atoms. The fourth-order valence-corrected chi connectivity index (χ4v) is 2.30. The zero-order chi connectivity index (χ0) is 14.3. The third-order valence-corrected chi connectivity index (χ3v) is 3.28. The minimum absolute atomic E-state index is 0.310. The van der Waals surface area contributed by atoms with E-state index in [1.165, 1.54) is 0 Å². The zero-order valence-corrected chi connectivity index (χ0v) is 12.1. The van der Waals surface area contributed by atoms with Crippen molar-refractivity contribution in [3.8, 4) is 0 Å². The molecule has 0 spiro atoms. The first-order valence-corrected chi connectivity index (χ1v) is 6.60. The lowest BCUT2D eigenvalue weighted by atomic mass is 9.85. The molecule has 19 heavy (non-hydrogen) atoms. The SMILES string of the molecule is CC(C)(C)OC(=O)N1CCC(C)(N)c2ccccc21. The van der Waals surface area contributed by atoms with Crippen molar-refractivity contribution in [3.05, 3.63) is 29.8 Å². The van der Waals surface area contributed by atoms with Crippen LogP contribution in [0.3, 0.4) is 0 Å². The van der Waals surface area contributed by atoms with Gasteiger partial charge in [-0.15, -0.1) is 0 Å². The Morgan fingerprint density at radius 1 is 1.37 bits per heavy atom. The van der Waals surface area contributed by atoms with Crippen LogP contribution in [0, 0.1) is 0 Å². The van der Waals surface area contributed by atoms with E-state index >= 15 is 0 Å². The molecule has 0 fully saturated rings. The molecular formula is C15H22N2O2. The fraction of sp³-hybridized carbons (Fsp3) is 0.533. The third-order valence-electron chi connectivity index (χ3n) is 3.28. The maximum Gasteiger partial charge on any atom is 0.414 e. The summed E-state index contributed by atoms with van der Waals surface area (Å²) < 4.78 is 5.45. The van der Waals surface area contributed by atoms with E-state index in [2.05, 4.69) is 0 Å². The Hall–Kier alpha value is -1.55. The van der Waals surface area contributed by atoms with Gasteiger partial charge < -0.3 is 10.5 Å². The van der Waals surface area contributed by atoms with E-state index in [-0.39, 0.29) is 6.09 Å². The average Bonchev–Trinajstić information content (AvgIpc) is 2.26. The summed E-state index contributed by atoms with van der Waals surface area (Å²) in [6.45, 7) is 8.19. The van der Waals surface area contributed by atoms with Gasteiger partial charge >= 0.3 is 6.09 Å². The van der Waals surface area contributed by atoms with Crippen LogP contribution in [0.1, 0.15) is 39.7 Å². The normalized spacial score (nSPS) is 22.9. The summed E-state index contributed by atoms with van der Waals surface area (Å²) in [4.78, 5) is 13.9. The molecule has 1 aliphatic heterocycles. The molecule has 1 aromatic rings. The van der Waals surface area contributed by atoms with Crippen LogP contribution in [-0.2, 0) is 10.3 Å². The molecule has 2 rings (SSSR count). The monoisotopic (exact) mass is 262 g/mol. The Kier molecular flexibility index (Phi) is 3.31. The molecule has 0 radical (unpaired) electrons. The van der Waals surface area contributed by atoms with Gasteiger partial charge in [0.05, 0.1) is 5.69 Å². The van der Waals surface area contributed by atoms with Crippen LogP contribution in [0.5, 0.6) is 0 Å². The Balaban J connectivity index is 2.33. The zero-order valence-electron chi connectivity index (χ0n) is 12.1. The molecule has 104 valence electrons. The molecule has 0 saturated carbocycles.